The molecule has 0 aromatic rings. The number of nitrogens with one attached hydrogen (secondary N) is 1. The molecule has 1 unspecified atom stereocenters. The Bertz CT molecular complexity index is 134. The smallest absolute Gasteiger partial charge is 0.0291 e. The van der Waals surface area contributed by atoms with Crippen molar-refractivity contribution < 1.29 is 4.21 Å². The van der Waals surface area contributed by atoms with Crippen LogP contribution in [0.1, 0.15) is 34.1 Å². The van der Waals surface area contributed by atoms with Crippen LogP contribution < -0.4 is 5.32 Å². The van der Waals surface area contributed by atoms with E-state index < -0.39 is 10.8 Å². The van der Waals surface area contributed by atoms with E-state index in [4.69, 9.17) is 0 Å². The minimum absolute atomic E-state index is 0.309. The largest absolute Gasteiger partial charge is 0.315 e. The molecule has 0 amide bonds. The fourth-order valence-electron chi connectivity index (χ4n) is 0.841. The highest BCUT2D eigenvalue weighted by molar-refractivity contribution is 7.85. The summed E-state index contributed by atoms with van der Waals surface area (Å²) in [7, 11) is -0.626. The van der Waals surface area contributed by atoms with Gasteiger partial charge < -0.3 is 5.32 Å². The molecule has 0 fully saturated rings. The van der Waals surface area contributed by atoms with Crippen molar-refractivity contribution in [3.63, 3.8) is 0 Å². The number of hydrogen-bond donors (Lipinski definition) is 1. The Hall–Kier alpha value is 0.110. The molecule has 0 spiro atoms. The van der Waals surface area contributed by atoms with Crippen LogP contribution >= 0.6 is 0 Å². The highest BCUT2D eigenvalue weighted by atomic mass is 32.2. The van der Waals surface area contributed by atoms with Gasteiger partial charge in [-0.05, 0) is 13.0 Å². The van der Waals surface area contributed by atoms with Gasteiger partial charge in [-0.3, -0.25) is 4.21 Å². The topological polar surface area (TPSA) is 29.1 Å². The Kier molecular flexibility index (Phi) is 6.67. The van der Waals surface area contributed by atoms with Gasteiger partial charge in [-0.1, -0.05) is 27.7 Å². The van der Waals surface area contributed by atoms with Crippen molar-refractivity contribution in [2.75, 3.05) is 12.3 Å². The van der Waals surface area contributed by atoms with Gasteiger partial charge in [-0.2, -0.15) is 0 Å². The molecule has 0 aromatic carbocycles. The standard InChI is InChI=1S/C9H21NOS/c1-8(2)10-6-5-7-12(11)9(3)4/h8-10H,5-7H2,1-4H3. The van der Waals surface area contributed by atoms with Crippen molar-refractivity contribution in [1.82, 2.24) is 5.32 Å². The molecule has 0 saturated carbocycles. The predicted octanol–water partition coefficient (Wildman–Crippen LogP) is 1.53. The number of rotatable bonds is 6. The molecule has 0 heterocycles. The summed E-state index contributed by atoms with van der Waals surface area (Å²) in [5, 5.41) is 3.61. The first-order valence-electron chi connectivity index (χ1n) is 4.64. The van der Waals surface area contributed by atoms with Crippen LogP contribution in [0.15, 0.2) is 0 Å². The summed E-state index contributed by atoms with van der Waals surface area (Å²) in [5.74, 6) is 0.831. The lowest BCUT2D eigenvalue weighted by molar-refractivity contribution is 0.582. The van der Waals surface area contributed by atoms with Gasteiger partial charge in [0.15, 0.2) is 0 Å². The van der Waals surface area contributed by atoms with Gasteiger partial charge in [-0.25, -0.2) is 0 Å². The quantitative estimate of drug-likeness (QED) is 0.645. The van der Waals surface area contributed by atoms with Gasteiger partial charge >= 0.3 is 0 Å². The zero-order chi connectivity index (χ0) is 9.56. The molecule has 74 valence electrons. The van der Waals surface area contributed by atoms with Crippen LogP contribution in [0, 0.1) is 0 Å². The van der Waals surface area contributed by atoms with Crippen molar-refractivity contribution in [3.8, 4) is 0 Å². The minimum Gasteiger partial charge on any atom is -0.315 e. The van der Waals surface area contributed by atoms with E-state index in [2.05, 4.69) is 19.2 Å². The van der Waals surface area contributed by atoms with Crippen molar-refractivity contribution >= 4 is 10.8 Å². The van der Waals surface area contributed by atoms with Crippen molar-refractivity contribution in [1.29, 1.82) is 0 Å². The first kappa shape index (κ1) is 12.1. The molecule has 2 nitrogen and oxygen atoms in total. The van der Waals surface area contributed by atoms with E-state index in [0.29, 0.717) is 11.3 Å². The van der Waals surface area contributed by atoms with E-state index in [1.54, 1.807) is 0 Å². The van der Waals surface area contributed by atoms with Gasteiger partial charge in [0, 0.05) is 27.8 Å². The van der Waals surface area contributed by atoms with Crippen LogP contribution in [0.3, 0.4) is 0 Å². The first-order chi connectivity index (χ1) is 5.54. The summed E-state index contributed by atoms with van der Waals surface area (Å²) in [6.45, 7) is 9.24. The monoisotopic (exact) mass is 191 g/mol. The zero-order valence-corrected chi connectivity index (χ0v) is 9.41. The highest BCUT2D eigenvalue weighted by Gasteiger charge is 2.03. The van der Waals surface area contributed by atoms with E-state index >= 15 is 0 Å². The molecule has 0 aromatic heterocycles. The molecule has 0 aliphatic heterocycles. The third-order valence-corrected chi connectivity index (χ3v) is 3.34. The third kappa shape index (κ3) is 6.80. The van der Waals surface area contributed by atoms with Crippen LogP contribution in [-0.2, 0) is 10.8 Å². The maximum atomic E-state index is 11.3. The van der Waals surface area contributed by atoms with Crippen molar-refractivity contribution in [2.24, 2.45) is 0 Å². The molecule has 12 heavy (non-hydrogen) atoms. The van der Waals surface area contributed by atoms with E-state index in [1.807, 2.05) is 13.8 Å². The second kappa shape index (κ2) is 6.61. The second-order valence-electron chi connectivity index (χ2n) is 3.60. The van der Waals surface area contributed by atoms with Crippen LogP contribution in [-0.4, -0.2) is 27.8 Å². The van der Waals surface area contributed by atoms with Crippen LogP contribution in [0.25, 0.3) is 0 Å². The molecule has 0 aliphatic carbocycles. The lowest BCUT2D eigenvalue weighted by atomic mass is 10.4. The second-order valence-corrected chi connectivity index (χ2v) is 5.71. The molecule has 1 atom stereocenters. The Balaban J connectivity index is 3.26. The minimum atomic E-state index is -0.626. The van der Waals surface area contributed by atoms with E-state index in [-0.39, 0.29) is 0 Å². The summed E-state index contributed by atoms with van der Waals surface area (Å²) in [4.78, 5) is 0. The maximum Gasteiger partial charge on any atom is 0.0291 e. The molecular formula is C9H21NOS. The molecule has 0 rings (SSSR count). The lowest BCUT2D eigenvalue weighted by Gasteiger charge is -2.08. The van der Waals surface area contributed by atoms with Crippen LogP contribution in [0.4, 0.5) is 0 Å². The van der Waals surface area contributed by atoms with Crippen LogP contribution in [0.2, 0.25) is 0 Å². The fraction of sp³-hybridized carbons (Fsp3) is 1.00. The summed E-state index contributed by atoms with van der Waals surface area (Å²) >= 11 is 0. The molecule has 0 bridgehead atoms. The summed E-state index contributed by atoms with van der Waals surface area (Å²) in [6.07, 6.45) is 1.02. The van der Waals surface area contributed by atoms with E-state index in [9.17, 15) is 4.21 Å². The molecule has 1 N–H and O–H groups in total. The Labute approximate surface area is 78.6 Å². The molecule has 3 heteroatoms. The average Bonchev–Trinajstić information content (AvgIpc) is 1.97. The Morgan fingerprint density at radius 2 is 1.83 bits per heavy atom. The van der Waals surface area contributed by atoms with Gasteiger partial charge in [0.05, 0.1) is 0 Å². The van der Waals surface area contributed by atoms with Gasteiger partial charge in [0.2, 0.25) is 0 Å². The zero-order valence-electron chi connectivity index (χ0n) is 8.59. The van der Waals surface area contributed by atoms with Gasteiger partial charge in [0.1, 0.15) is 0 Å². The maximum absolute atomic E-state index is 11.3. The lowest BCUT2D eigenvalue weighted by Crippen LogP contribution is -2.25. The van der Waals surface area contributed by atoms with E-state index in [1.165, 1.54) is 0 Å². The third-order valence-electron chi connectivity index (χ3n) is 1.60. The SMILES string of the molecule is CC(C)NCCCS(=O)C(C)C. The predicted molar refractivity (Wildman–Crippen MR) is 55.9 cm³/mol. The van der Waals surface area contributed by atoms with Crippen LogP contribution in [0.5, 0.6) is 0 Å². The Morgan fingerprint density at radius 3 is 2.25 bits per heavy atom. The fourth-order valence-corrected chi connectivity index (χ4v) is 1.74. The van der Waals surface area contributed by atoms with Gasteiger partial charge in [0.25, 0.3) is 0 Å². The van der Waals surface area contributed by atoms with Crippen molar-refractivity contribution in [3.05, 3.63) is 0 Å². The molecular weight excluding hydrogens is 170 g/mol. The average molecular weight is 191 g/mol. The first-order valence-corrected chi connectivity index (χ1v) is 6.02. The molecule has 0 radical (unpaired) electrons. The Morgan fingerprint density at radius 1 is 1.25 bits per heavy atom. The number of hydrogen-bond acceptors (Lipinski definition) is 2. The molecule has 0 saturated heterocycles. The highest BCUT2D eigenvalue weighted by Crippen LogP contribution is 1.95. The van der Waals surface area contributed by atoms with E-state index in [0.717, 1.165) is 18.7 Å². The summed E-state index contributed by atoms with van der Waals surface area (Å²) in [6, 6.07) is 0.539. The van der Waals surface area contributed by atoms with Gasteiger partial charge in [-0.15, -0.1) is 0 Å². The summed E-state index contributed by atoms with van der Waals surface area (Å²) in [5.41, 5.74) is 0. The normalized spacial score (nSPS) is 14.2. The summed E-state index contributed by atoms with van der Waals surface area (Å²) < 4.78 is 11.3. The molecule has 0 aliphatic rings. The van der Waals surface area contributed by atoms with Crippen molar-refractivity contribution in [2.45, 2.75) is 45.4 Å².